The molecule has 0 unspecified atom stereocenters. The summed E-state index contributed by atoms with van der Waals surface area (Å²) in [6, 6.07) is 6.05. The van der Waals surface area contributed by atoms with E-state index in [2.05, 4.69) is 37.3 Å². The molecule has 0 aliphatic carbocycles. The van der Waals surface area contributed by atoms with Gasteiger partial charge in [-0.2, -0.15) is 10.1 Å². The molecular formula is C18H18N6. The molecule has 0 bridgehead atoms. The van der Waals surface area contributed by atoms with E-state index >= 15 is 0 Å². The number of hydrogen-bond acceptors (Lipinski definition) is 5. The molecule has 0 aliphatic rings. The van der Waals surface area contributed by atoms with Gasteiger partial charge in [0.05, 0.1) is 11.7 Å². The Balaban J connectivity index is 1.82. The summed E-state index contributed by atoms with van der Waals surface area (Å²) in [6.45, 7) is 7.61. The van der Waals surface area contributed by atoms with Gasteiger partial charge in [-0.1, -0.05) is 49.1 Å². The van der Waals surface area contributed by atoms with Crippen molar-refractivity contribution in [3.05, 3.63) is 60.2 Å². The van der Waals surface area contributed by atoms with Gasteiger partial charge in [-0.15, -0.1) is 10.2 Å². The molecule has 0 radical (unpaired) electrons. The number of para-hydroxylation sites is 1. The Hall–Kier alpha value is -3.28. The summed E-state index contributed by atoms with van der Waals surface area (Å²) in [6.07, 6.45) is 9.08. The van der Waals surface area contributed by atoms with Crippen LogP contribution in [0.4, 0.5) is 5.95 Å². The lowest BCUT2D eigenvalue weighted by atomic mass is 10.1. The molecular weight excluding hydrogens is 300 g/mol. The van der Waals surface area contributed by atoms with Crippen molar-refractivity contribution < 1.29 is 0 Å². The van der Waals surface area contributed by atoms with Crippen molar-refractivity contribution in [2.75, 3.05) is 5.43 Å². The highest BCUT2D eigenvalue weighted by atomic mass is 15.4. The Bertz CT molecular complexity index is 978. The van der Waals surface area contributed by atoms with E-state index in [0.29, 0.717) is 11.6 Å². The molecule has 3 rings (SSSR count). The first-order valence-corrected chi connectivity index (χ1v) is 7.56. The second-order valence-corrected chi connectivity index (χ2v) is 5.36. The molecule has 0 fully saturated rings. The highest BCUT2D eigenvalue weighted by Gasteiger charge is 2.09. The van der Waals surface area contributed by atoms with Crippen molar-refractivity contribution in [1.82, 2.24) is 20.2 Å². The molecule has 1 aromatic carbocycles. The van der Waals surface area contributed by atoms with Crippen molar-refractivity contribution in [3.8, 4) is 0 Å². The zero-order chi connectivity index (χ0) is 16.9. The number of aryl methyl sites for hydroxylation is 1. The van der Waals surface area contributed by atoms with E-state index < -0.39 is 0 Å². The molecule has 6 nitrogen and oxygen atoms in total. The molecule has 0 aliphatic heterocycles. The summed E-state index contributed by atoms with van der Waals surface area (Å²) in [5, 5.41) is 13.5. The molecule has 0 amide bonds. The lowest BCUT2D eigenvalue weighted by molar-refractivity contribution is 1.01. The number of nitrogens with one attached hydrogen (secondary N) is 2. The van der Waals surface area contributed by atoms with Crippen LogP contribution < -0.4 is 5.43 Å². The average molecular weight is 318 g/mol. The monoisotopic (exact) mass is 318 g/mol. The molecule has 120 valence electrons. The van der Waals surface area contributed by atoms with Crippen LogP contribution in [0.2, 0.25) is 0 Å². The second kappa shape index (κ2) is 6.87. The summed E-state index contributed by atoms with van der Waals surface area (Å²) in [4.78, 5) is 7.71. The smallest absolute Gasteiger partial charge is 0.265 e. The van der Waals surface area contributed by atoms with Crippen LogP contribution in [0, 0.1) is 6.92 Å². The summed E-state index contributed by atoms with van der Waals surface area (Å²) in [5.41, 5.74) is 7.40. The number of hydrogen-bond donors (Lipinski definition) is 2. The summed E-state index contributed by atoms with van der Waals surface area (Å²) in [7, 11) is 0. The normalized spacial score (nSPS) is 12.7. The van der Waals surface area contributed by atoms with Crippen LogP contribution in [-0.4, -0.2) is 26.4 Å². The molecule has 2 aromatic heterocycles. The van der Waals surface area contributed by atoms with Crippen LogP contribution >= 0.6 is 0 Å². The van der Waals surface area contributed by atoms with Crippen molar-refractivity contribution in [1.29, 1.82) is 0 Å². The van der Waals surface area contributed by atoms with Gasteiger partial charge < -0.3 is 4.98 Å². The fourth-order valence-electron chi connectivity index (χ4n) is 2.31. The Labute approximate surface area is 139 Å². The first-order valence-electron chi connectivity index (χ1n) is 7.56. The van der Waals surface area contributed by atoms with E-state index in [-0.39, 0.29) is 0 Å². The van der Waals surface area contributed by atoms with Gasteiger partial charge in [0.25, 0.3) is 5.95 Å². The lowest BCUT2D eigenvalue weighted by Crippen LogP contribution is -1.98. The number of rotatable bonds is 5. The Morgan fingerprint density at radius 1 is 1.29 bits per heavy atom. The van der Waals surface area contributed by atoms with Gasteiger partial charge in [-0.25, -0.2) is 5.43 Å². The predicted octanol–water partition coefficient (Wildman–Crippen LogP) is 3.90. The molecule has 0 saturated carbocycles. The summed E-state index contributed by atoms with van der Waals surface area (Å²) in [5.74, 6) is 0.345. The molecule has 0 spiro atoms. The Morgan fingerprint density at radius 3 is 3.00 bits per heavy atom. The highest BCUT2D eigenvalue weighted by molar-refractivity contribution is 6.04. The van der Waals surface area contributed by atoms with Crippen LogP contribution in [-0.2, 0) is 0 Å². The minimum Gasteiger partial charge on any atom is -0.337 e. The third-order valence-electron chi connectivity index (χ3n) is 3.50. The maximum Gasteiger partial charge on any atom is 0.265 e. The molecule has 3 aromatic rings. The van der Waals surface area contributed by atoms with Crippen LogP contribution in [0.25, 0.3) is 22.1 Å². The van der Waals surface area contributed by atoms with Crippen LogP contribution in [0.15, 0.2) is 59.8 Å². The van der Waals surface area contributed by atoms with Gasteiger partial charge in [-0.3, -0.25) is 0 Å². The van der Waals surface area contributed by atoms with E-state index in [1.807, 2.05) is 50.3 Å². The SMILES string of the molecule is C=C\C=C/C=C(C)/C=N/Nc1nnc2c(n1)[nH]c1c(C)cccc12. The number of anilines is 1. The molecule has 0 saturated heterocycles. The van der Waals surface area contributed by atoms with E-state index in [0.717, 1.165) is 27.6 Å². The van der Waals surface area contributed by atoms with Crippen LogP contribution in [0.5, 0.6) is 0 Å². The standard InChI is InChI=1S/C18H18N6/c1-4-5-6-8-12(2)11-19-23-18-21-17-16(22-24-18)14-10-7-9-13(3)15(14)20-17/h4-11H,1H2,2-3H3,(H2,20,21,23,24)/b6-5-,12-8+,19-11+. The van der Waals surface area contributed by atoms with E-state index in [1.165, 1.54) is 0 Å². The number of allylic oxidation sites excluding steroid dienone is 5. The minimum atomic E-state index is 0.345. The quantitative estimate of drug-likeness (QED) is 0.425. The van der Waals surface area contributed by atoms with E-state index in [1.54, 1.807) is 12.3 Å². The fraction of sp³-hybridized carbons (Fsp3) is 0.111. The molecule has 2 heterocycles. The number of H-pyrrole nitrogens is 1. The zero-order valence-electron chi connectivity index (χ0n) is 13.6. The van der Waals surface area contributed by atoms with Crippen molar-refractivity contribution in [3.63, 3.8) is 0 Å². The highest BCUT2D eigenvalue weighted by Crippen LogP contribution is 2.24. The van der Waals surface area contributed by atoms with Crippen molar-refractivity contribution in [2.45, 2.75) is 13.8 Å². The van der Waals surface area contributed by atoms with Crippen molar-refractivity contribution in [2.24, 2.45) is 5.10 Å². The number of fused-ring (bicyclic) bond motifs is 3. The number of aromatic amines is 1. The van der Waals surface area contributed by atoms with Gasteiger partial charge in [0, 0.05) is 5.39 Å². The fourth-order valence-corrected chi connectivity index (χ4v) is 2.31. The van der Waals surface area contributed by atoms with Crippen LogP contribution in [0.1, 0.15) is 12.5 Å². The minimum absolute atomic E-state index is 0.345. The van der Waals surface area contributed by atoms with Gasteiger partial charge in [0.1, 0.15) is 5.52 Å². The van der Waals surface area contributed by atoms with Crippen molar-refractivity contribution >= 4 is 34.2 Å². The molecule has 2 N–H and O–H groups in total. The number of hydrazone groups is 1. The molecule has 0 atom stereocenters. The van der Waals surface area contributed by atoms with E-state index in [4.69, 9.17) is 0 Å². The first-order chi connectivity index (χ1) is 11.7. The topological polar surface area (TPSA) is 78.8 Å². The Kier molecular flexibility index (Phi) is 4.47. The maximum absolute atomic E-state index is 4.43. The number of nitrogens with zero attached hydrogens (tertiary/aromatic N) is 4. The largest absolute Gasteiger partial charge is 0.337 e. The zero-order valence-corrected chi connectivity index (χ0v) is 13.6. The average Bonchev–Trinajstić information content (AvgIpc) is 2.94. The summed E-state index contributed by atoms with van der Waals surface area (Å²) < 4.78 is 0. The van der Waals surface area contributed by atoms with Gasteiger partial charge >= 0.3 is 0 Å². The second-order valence-electron chi connectivity index (χ2n) is 5.36. The maximum atomic E-state index is 4.43. The third kappa shape index (κ3) is 3.22. The third-order valence-corrected chi connectivity index (χ3v) is 3.50. The molecule has 6 heteroatoms. The lowest BCUT2D eigenvalue weighted by Gasteiger charge is -1.97. The predicted molar refractivity (Wildman–Crippen MR) is 99.1 cm³/mol. The molecule has 24 heavy (non-hydrogen) atoms. The number of aromatic nitrogens is 4. The van der Waals surface area contributed by atoms with Gasteiger partial charge in [0.2, 0.25) is 0 Å². The van der Waals surface area contributed by atoms with Gasteiger partial charge in [-0.05, 0) is 25.0 Å². The first kappa shape index (κ1) is 15.6. The van der Waals surface area contributed by atoms with Gasteiger partial charge in [0.15, 0.2) is 5.65 Å². The van der Waals surface area contributed by atoms with E-state index in [9.17, 15) is 0 Å². The van der Waals surface area contributed by atoms with Crippen LogP contribution in [0.3, 0.4) is 0 Å². The summed E-state index contributed by atoms with van der Waals surface area (Å²) >= 11 is 0. The number of benzene rings is 1. The Morgan fingerprint density at radius 2 is 2.17 bits per heavy atom.